The van der Waals surface area contributed by atoms with Crippen molar-refractivity contribution in [1.82, 2.24) is 5.32 Å². The number of aryl methyl sites for hydroxylation is 1. The fraction of sp³-hybridized carbons (Fsp3) is 0.200. The number of rotatable bonds is 3. The van der Waals surface area contributed by atoms with E-state index in [0.717, 1.165) is 11.6 Å². The van der Waals surface area contributed by atoms with E-state index in [1.54, 1.807) is 26.1 Å². The highest BCUT2D eigenvalue weighted by molar-refractivity contribution is 5.35. The van der Waals surface area contributed by atoms with Crippen molar-refractivity contribution in [3.63, 3.8) is 0 Å². The number of hydrogen-bond acceptors (Lipinski definition) is 1. The van der Waals surface area contributed by atoms with E-state index < -0.39 is 23.5 Å². The van der Waals surface area contributed by atoms with E-state index in [0.29, 0.717) is 11.1 Å². The zero-order valence-electron chi connectivity index (χ0n) is 10.7. The van der Waals surface area contributed by atoms with E-state index in [4.69, 9.17) is 0 Å². The molecule has 0 aliphatic heterocycles. The van der Waals surface area contributed by atoms with Crippen LogP contribution < -0.4 is 5.32 Å². The van der Waals surface area contributed by atoms with Crippen molar-refractivity contribution in [1.29, 1.82) is 0 Å². The van der Waals surface area contributed by atoms with Crippen LogP contribution in [0.15, 0.2) is 36.4 Å². The van der Waals surface area contributed by atoms with Gasteiger partial charge in [0.25, 0.3) is 0 Å². The van der Waals surface area contributed by atoms with Gasteiger partial charge in [-0.15, -0.1) is 0 Å². The van der Waals surface area contributed by atoms with E-state index in [1.165, 1.54) is 18.2 Å². The number of halogens is 3. The molecule has 0 heterocycles. The summed E-state index contributed by atoms with van der Waals surface area (Å²) >= 11 is 0. The Bertz CT molecular complexity index is 576. The van der Waals surface area contributed by atoms with Crippen LogP contribution in [0.4, 0.5) is 13.2 Å². The van der Waals surface area contributed by atoms with Crippen molar-refractivity contribution in [2.45, 2.75) is 13.0 Å². The Kier molecular flexibility index (Phi) is 3.90. The van der Waals surface area contributed by atoms with Crippen LogP contribution in [0.3, 0.4) is 0 Å². The minimum atomic E-state index is -0.678. The maximum atomic E-state index is 13.9. The number of benzene rings is 2. The van der Waals surface area contributed by atoms with Gasteiger partial charge < -0.3 is 5.32 Å². The number of nitrogens with one attached hydrogen (secondary N) is 1. The van der Waals surface area contributed by atoms with Crippen molar-refractivity contribution in [3.05, 3.63) is 70.5 Å². The molecular weight excluding hydrogens is 251 g/mol. The summed E-state index contributed by atoms with van der Waals surface area (Å²) < 4.78 is 40.4. The van der Waals surface area contributed by atoms with Gasteiger partial charge >= 0.3 is 0 Å². The minimum Gasteiger partial charge on any atom is -0.309 e. The van der Waals surface area contributed by atoms with Crippen molar-refractivity contribution in [3.8, 4) is 0 Å². The standard InChI is InChI=1S/C15H14F3N/c1-9-3-4-13(14(18)5-9)15(19-2)10-6-11(16)8-12(17)7-10/h3-8,15,19H,1-2H3. The molecule has 0 aliphatic carbocycles. The summed E-state index contributed by atoms with van der Waals surface area (Å²) in [5.41, 5.74) is 1.50. The van der Waals surface area contributed by atoms with Gasteiger partial charge in [0, 0.05) is 11.6 Å². The van der Waals surface area contributed by atoms with Gasteiger partial charge in [0.2, 0.25) is 0 Å². The van der Waals surface area contributed by atoms with Crippen molar-refractivity contribution in [2.24, 2.45) is 0 Å². The first-order chi connectivity index (χ1) is 9.01. The van der Waals surface area contributed by atoms with Crippen molar-refractivity contribution >= 4 is 0 Å². The van der Waals surface area contributed by atoms with Crippen molar-refractivity contribution in [2.75, 3.05) is 7.05 Å². The summed E-state index contributed by atoms with van der Waals surface area (Å²) in [5, 5.41) is 2.88. The largest absolute Gasteiger partial charge is 0.309 e. The molecule has 0 bridgehead atoms. The lowest BCUT2D eigenvalue weighted by molar-refractivity contribution is 0.555. The smallest absolute Gasteiger partial charge is 0.128 e. The topological polar surface area (TPSA) is 12.0 Å². The molecule has 0 aromatic heterocycles. The predicted molar refractivity (Wildman–Crippen MR) is 68.4 cm³/mol. The molecule has 4 heteroatoms. The Labute approximate surface area is 110 Å². The summed E-state index contributed by atoms with van der Waals surface area (Å²) in [6.45, 7) is 1.78. The fourth-order valence-electron chi connectivity index (χ4n) is 2.11. The van der Waals surface area contributed by atoms with Crippen LogP contribution in [0.5, 0.6) is 0 Å². The molecule has 0 amide bonds. The van der Waals surface area contributed by atoms with Gasteiger partial charge in [-0.05, 0) is 43.3 Å². The molecule has 1 unspecified atom stereocenters. The van der Waals surface area contributed by atoms with Gasteiger partial charge in [-0.2, -0.15) is 0 Å². The van der Waals surface area contributed by atoms with Crippen LogP contribution in [0.2, 0.25) is 0 Å². The van der Waals surface area contributed by atoms with Gasteiger partial charge in [-0.1, -0.05) is 12.1 Å². The van der Waals surface area contributed by atoms with E-state index in [9.17, 15) is 13.2 Å². The molecule has 0 aliphatic rings. The maximum absolute atomic E-state index is 13.9. The maximum Gasteiger partial charge on any atom is 0.128 e. The van der Waals surface area contributed by atoms with E-state index in [1.807, 2.05) is 0 Å². The lowest BCUT2D eigenvalue weighted by Crippen LogP contribution is -2.19. The van der Waals surface area contributed by atoms with Gasteiger partial charge in [0.15, 0.2) is 0 Å². The van der Waals surface area contributed by atoms with Crippen molar-refractivity contribution < 1.29 is 13.2 Å². The summed E-state index contributed by atoms with van der Waals surface area (Å²) in [5.74, 6) is -1.76. The minimum absolute atomic E-state index is 0.350. The Balaban J connectivity index is 2.49. The van der Waals surface area contributed by atoms with Crippen LogP contribution in [0.1, 0.15) is 22.7 Å². The molecule has 1 nitrogen and oxygen atoms in total. The van der Waals surface area contributed by atoms with E-state index >= 15 is 0 Å². The van der Waals surface area contributed by atoms with Gasteiger partial charge in [0.05, 0.1) is 6.04 Å². The van der Waals surface area contributed by atoms with Crippen LogP contribution in [0, 0.1) is 24.4 Å². The monoisotopic (exact) mass is 265 g/mol. The molecular formula is C15H14F3N. The zero-order valence-corrected chi connectivity index (χ0v) is 10.7. The molecule has 0 radical (unpaired) electrons. The Hall–Kier alpha value is -1.81. The molecule has 0 spiro atoms. The second-order valence-corrected chi connectivity index (χ2v) is 4.45. The average Bonchev–Trinajstić information content (AvgIpc) is 2.31. The van der Waals surface area contributed by atoms with Gasteiger partial charge in [-0.3, -0.25) is 0 Å². The van der Waals surface area contributed by atoms with Crippen LogP contribution in [0.25, 0.3) is 0 Å². The molecule has 1 N–H and O–H groups in total. The summed E-state index contributed by atoms with van der Waals surface area (Å²) in [4.78, 5) is 0. The molecule has 2 aromatic carbocycles. The van der Waals surface area contributed by atoms with Gasteiger partial charge in [-0.25, -0.2) is 13.2 Å². The lowest BCUT2D eigenvalue weighted by Gasteiger charge is -2.18. The summed E-state index contributed by atoms with van der Waals surface area (Å²) in [7, 11) is 1.62. The first-order valence-corrected chi connectivity index (χ1v) is 5.90. The Morgan fingerprint density at radius 2 is 1.58 bits per heavy atom. The summed E-state index contributed by atoms with van der Waals surface area (Å²) in [6.07, 6.45) is 0. The first kappa shape index (κ1) is 13.6. The third kappa shape index (κ3) is 2.96. The molecule has 0 saturated carbocycles. The normalized spacial score (nSPS) is 12.5. The lowest BCUT2D eigenvalue weighted by atomic mass is 9.97. The summed E-state index contributed by atoms with van der Waals surface area (Å²) in [6, 6.07) is 7.38. The quantitative estimate of drug-likeness (QED) is 0.891. The third-order valence-corrected chi connectivity index (χ3v) is 2.97. The molecule has 1 atom stereocenters. The second-order valence-electron chi connectivity index (χ2n) is 4.45. The average molecular weight is 265 g/mol. The number of hydrogen-bond donors (Lipinski definition) is 1. The highest BCUT2D eigenvalue weighted by atomic mass is 19.1. The second kappa shape index (κ2) is 5.45. The highest BCUT2D eigenvalue weighted by Gasteiger charge is 2.17. The molecule has 0 fully saturated rings. The Morgan fingerprint density at radius 3 is 2.11 bits per heavy atom. The molecule has 19 heavy (non-hydrogen) atoms. The third-order valence-electron chi connectivity index (χ3n) is 2.97. The van der Waals surface area contributed by atoms with E-state index in [2.05, 4.69) is 5.32 Å². The fourth-order valence-corrected chi connectivity index (χ4v) is 2.11. The van der Waals surface area contributed by atoms with E-state index in [-0.39, 0.29) is 0 Å². The van der Waals surface area contributed by atoms with Crippen LogP contribution >= 0.6 is 0 Å². The molecule has 2 aromatic rings. The first-order valence-electron chi connectivity index (χ1n) is 5.90. The predicted octanol–water partition coefficient (Wildman–Crippen LogP) is 3.72. The molecule has 0 saturated heterocycles. The highest BCUT2D eigenvalue weighted by Crippen LogP contribution is 2.26. The Morgan fingerprint density at radius 1 is 0.947 bits per heavy atom. The van der Waals surface area contributed by atoms with Crippen LogP contribution in [-0.4, -0.2) is 7.05 Å². The zero-order chi connectivity index (χ0) is 14.0. The molecule has 100 valence electrons. The molecule has 2 rings (SSSR count). The van der Waals surface area contributed by atoms with Crippen LogP contribution in [-0.2, 0) is 0 Å². The van der Waals surface area contributed by atoms with Gasteiger partial charge in [0.1, 0.15) is 17.5 Å². The SMILES string of the molecule is CNC(c1cc(F)cc(F)c1)c1ccc(C)cc1F.